The summed E-state index contributed by atoms with van der Waals surface area (Å²) >= 11 is 0. The van der Waals surface area contributed by atoms with Crippen LogP contribution in [0.1, 0.15) is 13.3 Å². The van der Waals surface area contributed by atoms with Crippen molar-refractivity contribution in [3.63, 3.8) is 0 Å². The van der Waals surface area contributed by atoms with Gasteiger partial charge in [-0.05, 0) is 30.7 Å². The van der Waals surface area contributed by atoms with Crippen LogP contribution in [0, 0.1) is 5.92 Å². The molecule has 0 spiro atoms. The van der Waals surface area contributed by atoms with Crippen LogP contribution in [0.2, 0.25) is 0 Å². The molecule has 3 atom stereocenters. The Bertz CT molecular complexity index is 529. The van der Waals surface area contributed by atoms with Crippen LogP contribution in [0.25, 0.3) is 0 Å². The first-order valence-electron chi connectivity index (χ1n) is 7.46. The lowest BCUT2D eigenvalue weighted by molar-refractivity contribution is -0.112. The van der Waals surface area contributed by atoms with Crippen molar-refractivity contribution in [2.24, 2.45) is 5.92 Å². The summed E-state index contributed by atoms with van der Waals surface area (Å²) in [6, 6.07) is 18.4. The van der Waals surface area contributed by atoms with E-state index in [4.69, 9.17) is 9.47 Å². The monoisotopic (exact) mass is 302 g/mol. The van der Waals surface area contributed by atoms with Crippen LogP contribution in [0.15, 0.2) is 60.7 Å². The van der Waals surface area contributed by atoms with Gasteiger partial charge in [-0.1, -0.05) is 43.3 Å². The van der Waals surface area contributed by atoms with E-state index in [1.165, 1.54) is 0 Å². The summed E-state index contributed by atoms with van der Waals surface area (Å²) in [5.74, 6) is 0.719. The maximum atomic E-state index is 10.3. The van der Waals surface area contributed by atoms with Crippen LogP contribution in [0.5, 0.6) is 11.5 Å². The molecule has 0 saturated carbocycles. The van der Waals surface area contributed by atoms with Gasteiger partial charge in [-0.25, -0.2) is 0 Å². The van der Waals surface area contributed by atoms with Gasteiger partial charge in [0, 0.05) is 0 Å². The van der Waals surface area contributed by atoms with Crippen LogP contribution in [-0.4, -0.2) is 29.2 Å². The average molecular weight is 302 g/mol. The van der Waals surface area contributed by atoms with Crippen LogP contribution in [0.4, 0.5) is 0 Å². The minimum atomic E-state index is -1.14. The lowest BCUT2D eigenvalue weighted by atomic mass is 10.0. The molecule has 0 saturated heterocycles. The molecule has 0 fully saturated rings. The predicted octanol–water partition coefficient (Wildman–Crippen LogP) is 2.85. The Morgan fingerprint density at radius 3 is 1.95 bits per heavy atom. The number of para-hydroxylation sites is 2. The topological polar surface area (TPSA) is 58.9 Å². The van der Waals surface area contributed by atoms with E-state index in [1.807, 2.05) is 55.5 Å². The summed E-state index contributed by atoms with van der Waals surface area (Å²) in [6.07, 6.45) is -1.33. The van der Waals surface area contributed by atoms with Gasteiger partial charge in [0.15, 0.2) is 0 Å². The van der Waals surface area contributed by atoms with Crippen LogP contribution in [0.3, 0.4) is 0 Å². The molecule has 0 aliphatic carbocycles. The fraction of sp³-hybridized carbons (Fsp3) is 0.333. The van der Waals surface area contributed by atoms with Gasteiger partial charge in [-0.2, -0.15) is 0 Å². The SMILES string of the molecule is CCC(O)C(COc1ccccc1)C(O)Oc1ccccc1. The normalized spacial score (nSPS) is 14.9. The van der Waals surface area contributed by atoms with Crippen molar-refractivity contribution in [3.8, 4) is 11.5 Å². The molecule has 4 heteroatoms. The smallest absolute Gasteiger partial charge is 0.206 e. The molecule has 0 radical (unpaired) electrons. The van der Waals surface area contributed by atoms with E-state index in [9.17, 15) is 10.2 Å². The maximum absolute atomic E-state index is 10.3. The maximum Gasteiger partial charge on any atom is 0.206 e. The van der Waals surface area contributed by atoms with Crippen molar-refractivity contribution in [1.29, 1.82) is 0 Å². The third kappa shape index (κ3) is 4.76. The number of hydrogen-bond donors (Lipinski definition) is 2. The van der Waals surface area contributed by atoms with Crippen LogP contribution >= 0.6 is 0 Å². The first kappa shape index (κ1) is 16.3. The lowest BCUT2D eigenvalue weighted by Crippen LogP contribution is -2.39. The summed E-state index contributed by atoms with van der Waals surface area (Å²) in [5.41, 5.74) is 0. The van der Waals surface area contributed by atoms with Gasteiger partial charge in [-0.3, -0.25) is 0 Å². The van der Waals surface area contributed by atoms with Crippen molar-refractivity contribution < 1.29 is 19.7 Å². The molecule has 4 nitrogen and oxygen atoms in total. The number of aliphatic hydroxyl groups is 2. The van der Waals surface area contributed by atoms with Gasteiger partial charge in [0.2, 0.25) is 6.29 Å². The largest absolute Gasteiger partial charge is 0.493 e. The second-order valence-corrected chi connectivity index (χ2v) is 5.08. The molecule has 2 N–H and O–H groups in total. The highest BCUT2D eigenvalue weighted by atomic mass is 16.6. The van der Waals surface area contributed by atoms with Crippen LogP contribution in [-0.2, 0) is 0 Å². The van der Waals surface area contributed by atoms with Crippen molar-refractivity contribution in [3.05, 3.63) is 60.7 Å². The average Bonchev–Trinajstić information content (AvgIpc) is 2.56. The highest BCUT2D eigenvalue weighted by molar-refractivity contribution is 5.22. The molecule has 118 valence electrons. The molecule has 2 aromatic carbocycles. The molecule has 0 aliphatic heterocycles. The Balaban J connectivity index is 1.99. The highest BCUT2D eigenvalue weighted by Gasteiger charge is 2.28. The summed E-state index contributed by atoms with van der Waals surface area (Å²) < 4.78 is 11.2. The van der Waals surface area contributed by atoms with E-state index in [-0.39, 0.29) is 6.61 Å². The van der Waals surface area contributed by atoms with E-state index >= 15 is 0 Å². The molecule has 3 unspecified atom stereocenters. The van der Waals surface area contributed by atoms with Gasteiger partial charge in [0.25, 0.3) is 0 Å². The molecule has 0 aromatic heterocycles. The Labute approximate surface area is 130 Å². The van der Waals surface area contributed by atoms with Gasteiger partial charge >= 0.3 is 0 Å². The highest BCUT2D eigenvalue weighted by Crippen LogP contribution is 2.20. The van der Waals surface area contributed by atoms with E-state index in [2.05, 4.69) is 0 Å². The van der Waals surface area contributed by atoms with Crippen molar-refractivity contribution in [1.82, 2.24) is 0 Å². The Morgan fingerprint density at radius 2 is 1.41 bits per heavy atom. The van der Waals surface area contributed by atoms with Gasteiger partial charge < -0.3 is 19.7 Å². The summed E-state index contributed by atoms with van der Waals surface area (Å²) in [6.45, 7) is 2.03. The third-order valence-electron chi connectivity index (χ3n) is 3.46. The second-order valence-electron chi connectivity index (χ2n) is 5.08. The zero-order valence-electron chi connectivity index (χ0n) is 12.6. The summed E-state index contributed by atoms with van der Waals surface area (Å²) in [7, 11) is 0. The molecule has 2 rings (SSSR count). The third-order valence-corrected chi connectivity index (χ3v) is 3.46. The molecule has 0 amide bonds. The minimum absolute atomic E-state index is 0.174. The molecule has 0 heterocycles. The predicted molar refractivity (Wildman–Crippen MR) is 84.8 cm³/mol. The number of hydrogen-bond acceptors (Lipinski definition) is 4. The Morgan fingerprint density at radius 1 is 0.864 bits per heavy atom. The number of rotatable bonds is 8. The Hall–Kier alpha value is -2.04. The fourth-order valence-electron chi connectivity index (χ4n) is 2.12. The van der Waals surface area contributed by atoms with Gasteiger partial charge in [0.1, 0.15) is 11.5 Å². The fourth-order valence-corrected chi connectivity index (χ4v) is 2.12. The quantitative estimate of drug-likeness (QED) is 0.736. The molecule has 0 aliphatic rings. The lowest BCUT2D eigenvalue weighted by Gasteiger charge is -2.27. The number of ether oxygens (including phenoxy) is 2. The van der Waals surface area contributed by atoms with Crippen molar-refractivity contribution >= 4 is 0 Å². The first-order chi connectivity index (χ1) is 10.7. The zero-order valence-corrected chi connectivity index (χ0v) is 12.6. The second kappa shape index (κ2) is 8.41. The van der Waals surface area contributed by atoms with E-state index < -0.39 is 18.3 Å². The molecule has 0 bridgehead atoms. The Kier molecular flexibility index (Phi) is 6.25. The molecular formula is C18H22O4. The van der Waals surface area contributed by atoms with Crippen molar-refractivity contribution in [2.45, 2.75) is 25.7 Å². The van der Waals surface area contributed by atoms with E-state index in [0.717, 1.165) is 0 Å². The zero-order chi connectivity index (χ0) is 15.8. The summed E-state index contributed by atoms with van der Waals surface area (Å²) in [5, 5.41) is 20.4. The standard InChI is InChI=1S/C18H22O4/c1-2-17(19)16(13-21-14-9-5-3-6-10-14)18(20)22-15-11-7-4-8-12-15/h3-12,16-20H,2,13H2,1H3. The van der Waals surface area contributed by atoms with Crippen molar-refractivity contribution in [2.75, 3.05) is 6.61 Å². The molecule has 22 heavy (non-hydrogen) atoms. The summed E-state index contributed by atoms with van der Waals surface area (Å²) in [4.78, 5) is 0. The number of benzene rings is 2. The molecular weight excluding hydrogens is 280 g/mol. The number of aliphatic hydroxyl groups excluding tert-OH is 2. The van der Waals surface area contributed by atoms with E-state index in [1.54, 1.807) is 12.1 Å². The molecule has 2 aromatic rings. The van der Waals surface area contributed by atoms with Gasteiger partial charge in [0.05, 0.1) is 18.6 Å². The van der Waals surface area contributed by atoms with Gasteiger partial charge in [-0.15, -0.1) is 0 Å². The van der Waals surface area contributed by atoms with E-state index in [0.29, 0.717) is 17.9 Å². The first-order valence-corrected chi connectivity index (χ1v) is 7.46. The minimum Gasteiger partial charge on any atom is -0.493 e. The van der Waals surface area contributed by atoms with Crippen LogP contribution < -0.4 is 9.47 Å².